The fraction of sp³-hybridized carbons (Fsp3) is 0.429. The van der Waals surface area contributed by atoms with Crippen LogP contribution in [-0.2, 0) is 16.1 Å². The topological polar surface area (TPSA) is 53.3 Å². The van der Waals surface area contributed by atoms with Gasteiger partial charge in [-0.15, -0.1) is 0 Å². The zero-order valence-corrected chi connectivity index (χ0v) is 11.1. The largest absolute Gasteiger partial charge is 0.468 e. The van der Waals surface area contributed by atoms with Crippen LogP contribution in [0.4, 0.5) is 4.39 Å². The van der Waals surface area contributed by atoms with Gasteiger partial charge in [0, 0.05) is 6.54 Å². The van der Waals surface area contributed by atoms with Gasteiger partial charge in [0.15, 0.2) is 0 Å². The number of hydrogen-bond acceptors (Lipinski definition) is 4. The molecule has 0 spiro atoms. The van der Waals surface area contributed by atoms with Crippen LogP contribution in [0.5, 0.6) is 0 Å². The highest BCUT2D eigenvalue weighted by atomic mass is 19.1. The second-order valence-corrected chi connectivity index (χ2v) is 4.20. The van der Waals surface area contributed by atoms with E-state index in [9.17, 15) is 9.18 Å². The normalized spacial score (nSPS) is 10.3. The average Bonchev–Trinajstić information content (AvgIpc) is 2.40. The van der Waals surface area contributed by atoms with Crippen molar-refractivity contribution >= 4 is 5.97 Å². The van der Waals surface area contributed by atoms with E-state index in [1.165, 1.54) is 19.2 Å². The summed E-state index contributed by atoms with van der Waals surface area (Å²) in [7, 11) is 1.34. The van der Waals surface area contributed by atoms with Crippen molar-refractivity contribution in [3.8, 4) is 6.07 Å². The number of carbonyl (C=O) groups is 1. The van der Waals surface area contributed by atoms with Crippen LogP contribution in [0.15, 0.2) is 18.2 Å². The number of rotatable bonds is 6. The highest BCUT2D eigenvalue weighted by Gasteiger charge is 2.13. The molecule has 0 heterocycles. The molecule has 1 aromatic rings. The van der Waals surface area contributed by atoms with Crippen molar-refractivity contribution in [1.29, 1.82) is 5.26 Å². The molecular formula is C14H17FN2O2. The molecule has 5 heteroatoms. The van der Waals surface area contributed by atoms with Crippen LogP contribution in [0.2, 0.25) is 0 Å². The molecule has 1 aromatic carbocycles. The van der Waals surface area contributed by atoms with E-state index in [0.717, 1.165) is 6.42 Å². The minimum Gasteiger partial charge on any atom is -0.468 e. The van der Waals surface area contributed by atoms with E-state index >= 15 is 0 Å². The van der Waals surface area contributed by atoms with Crippen molar-refractivity contribution in [2.75, 3.05) is 20.2 Å². The Morgan fingerprint density at radius 1 is 1.53 bits per heavy atom. The maximum atomic E-state index is 13.0. The van der Waals surface area contributed by atoms with Crippen molar-refractivity contribution < 1.29 is 13.9 Å². The Labute approximate surface area is 112 Å². The lowest BCUT2D eigenvalue weighted by molar-refractivity contribution is -0.142. The lowest BCUT2D eigenvalue weighted by Gasteiger charge is -2.20. The third-order valence-electron chi connectivity index (χ3n) is 2.71. The summed E-state index contributed by atoms with van der Waals surface area (Å²) in [5, 5.41) is 8.99. The molecule has 1 rings (SSSR count). The van der Waals surface area contributed by atoms with Gasteiger partial charge in [-0.2, -0.15) is 5.26 Å². The smallest absolute Gasteiger partial charge is 0.319 e. The van der Waals surface area contributed by atoms with Crippen molar-refractivity contribution in [2.24, 2.45) is 0 Å². The molecule has 0 fully saturated rings. The third-order valence-corrected chi connectivity index (χ3v) is 2.71. The molecule has 0 saturated heterocycles. The molecule has 0 aliphatic rings. The second kappa shape index (κ2) is 7.49. The van der Waals surface area contributed by atoms with Gasteiger partial charge in [-0.25, -0.2) is 4.39 Å². The van der Waals surface area contributed by atoms with Crippen LogP contribution in [0, 0.1) is 17.1 Å². The third kappa shape index (κ3) is 4.68. The number of esters is 1. The van der Waals surface area contributed by atoms with Gasteiger partial charge in [0.25, 0.3) is 0 Å². The molecule has 0 radical (unpaired) electrons. The van der Waals surface area contributed by atoms with E-state index in [1.54, 1.807) is 6.07 Å². The number of nitrogens with zero attached hydrogens (tertiary/aromatic N) is 2. The monoisotopic (exact) mass is 264 g/mol. The lowest BCUT2D eigenvalue weighted by Crippen LogP contribution is -2.31. The molecule has 4 nitrogen and oxygen atoms in total. The molecule has 0 amide bonds. The number of ether oxygens (including phenoxy) is 1. The summed E-state index contributed by atoms with van der Waals surface area (Å²) in [4.78, 5) is 13.2. The molecule has 0 aliphatic heterocycles. The predicted molar refractivity (Wildman–Crippen MR) is 68.7 cm³/mol. The number of hydrogen-bond donors (Lipinski definition) is 0. The Morgan fingerprint density at radius 3 is 2.84 bits per heavy atom. The molecule has 0 N–H and O–H groups in total. The minimum atomic E-state index is -0.435. The Bertz CT molecular complexity index is 483. The van der Waals surface area contributed by atoms with Gasteiger partial charge >= 0.3 is 5.97 Å². The van der Waals surface area contributed by atoms with Gasteiger partial charge in [0.1, 0.15) is 5.82 Å². The summed E-state index contributed by atoms with van der Waals surface area (Å²) < 4.78 is 17.7. The first-order chi connectivity index (χ1) is 9.10. The maximum Gasteiger partial charge on any atom is 0.319 e. The minimum absolute atomic E-state index is 0.159. The molecular weight excluding hydrogens is 247 g/mol. The van der Waals surface area contributed by atoms with E-state index in [0.29, 0.717) is 24.2 Å². The van der Waals surface area contributed by atoms with Gasteiger partial charge in [0.05, 0.1) is 25.3 Å². The van der Waals surface area contributed by atoms with Crippen LogP contribution in [0.25, 0.3) is 0 Å². The Kier molecular flexibility index (Phi) is 5.97. The van der Waals surface area contributed by atoms with Gasteiger partial charge in [-0.3, -0.25) is 9.69 Å². The standard InChI is InChI=1S/C14H17FN2O2/c1-3-6-17(10-14(18)19-2)9-11-4-5-13(15)7-12(11)8-16/h4-5,7H,3,6,9-10H2,1-2H3. The fourth-order valence-corrected chi connectivity index (χ4v) is 1.81. The maximum absolute atomic E-state index is 13.0. The first-order valence-corrected chi connectivity index (χ1v) is 6.08. The van der Waals surface area contributed by atoms with Crippen LogP contribution in [0.3, 0.4) is 0 Å². The number of nitriles is 1. The van der Waals surface area contributed by atoms with Crippen LogP contribution in [0.1, 0.15) is 24.5 Å². The number of methoxy groups -OCH3 is 1. The lowest BCUT2D eigenvalue weighted by atomic mass is 10.1. The SMILES string of the molecule is CCCN(CC(=O)OC)Cc1ccc(F)cc1C#N. The molecule has 0 unspecified atom stereocenters. The van der Waals surface area contributed by atoms with Gasteiger partial charge in [-0.05, 0) is 30.7 Å². The Balaban J connectivity index is 2.84. The first kappa shape index (κ1) is 15.1. The van der Waals surface area contributed by atoms with Gasteiger partial charge in [-0.1, -0.05) is 13.0 Å². The van der Waals surface area contributed by atoms with Crippen molar-refractivity contribution in [2.45, 2.75) is 19.9 Å². The van der Waals surface area contributed by atoms with Crippen LogP contribution < -0.4 is 0 Å². The molecule has 0 aliphatic carbocycles. The molecule has 0 aromatic heterocycles. The zero-order chi connectivity index (χ0) is 14.3. The van der Waals surface area contributed by atoms with Crippen LogP contribution in [-0.4, -0.2) is 31.1 Å². The van der Waals surface area contributed by atoms with E-state index in [2.05, 4.69) is 4.74 Å². The van der Waals surface area contributed by atoms with Crippen molar-refractivity contribution in [1.82, 2.24) is 4.90 Å². The summed E-state index contributed by atoms with van der Waals surface area (Å²) in [6.45, 7) is 3.29. The van der Waals surface area contributed by atoms with Crippen molar-refractivity contribution in [3.63, 3.8) is 0 Å². The summed E-state index contributed by atoms with van der Waals surface area (Å²) in [5.74, 6) is -0.760. The number of benzene rings is 1. The van der Waals surface area contributed by atoms with E-state index in [-0.39, 0.29) is 12.5 Å². The average molecular weight is 264 g/mol. The van der Waals surface area contributed by atoms with E-state index < -0.39 is 5.82 Å². The summed E-state index contributed by atoms with van der Waals surface area (Å²) in [5.41, 5.74) is 1.01. The van der Waals surface area contributed by atoms with Crippen molar-refractivity contribution in [3.05, 3.63) is 35.1 Å². The van der Waals surface area contributed by atoms with Crippen LogP contribution >= 0.6 is 0 Å². The highest BCUT2D eigenvalue weighted by molar-refractivity contribution is 5.71. The van der Waals surface area contributed by atoms with Gasteiger partial charge < -0.3 is 4.74 Å². The Morgan fingerprint density at radius 2 is 2.26 bits per heavy atom. The molecule has 19 heavy (non-hydrogen) atoms. The number of carbonyl (C=O) groups excluding carboxylic acids is 1. The molecule has 102 valence electrons. The van der Waals surface area contributed by atoms with Gasteiger partial charge in [0.2, 0.25) is 0 Å². The first-order valence-electron chi connectivity index (χ1n) is 6.08. The van der Waals surface area contributed by atoms with E-state index in [4.69, 9.17) is 5.26 Å². The quantitative estimate of drug-likeness (QED) is 0.738. The zero-order valence-electron chi connectivity index (χ0n) is 11.1. The molecule has 0 bridgehead atoms. The highest BCUT2D eigenvalue weighted by Crippen LogP contribution is 2.13. The summed E-state index contributed by atoms with van der Waals surface area (Å²) >= 11 is 0. The molecule has 0 atom stereocenters. The predicted octanol–water partition coefficient (Wildman–Crippen LogP) is 2.08. The fourth-order valence-electron chi connectivity index (χ4n) is 1.81. The number of halogens is 1. The summed E-state index contributed by atoms with van der Waals surface area (Å²) in [6.07, 6.45) is 0.875. The van der Waals surface area contributed by atoms with E-state index in [1.807, 2.05) is 17.9 Å². The Hall–Kier alpha value is -1.93. The summed E-state index contributed by atoms with van der Waals surface area (Å²) in [6, 6.07) is 6.07. The second-order valence-electron chi connectivity index (χ2n) is 4.20. The molecule has 0 saturated carbocycles.